The van der Waals surface area contributed by atoms with Gasteiger partial charge in [-0.15, -0.1) is 0 Å². The Labute approximate surface area is 87.1 Å². The van der Waals surface area contributed by atoms with Crippen molar-refractivity contribution in [2.24, 2.45) is 4.99 Å². The lowest BCUT2D eigenvalue weighted by molar-refractivity contribution is -0.102. The van der Waals surface area contributed by atoms with Gasteiger partial charge in [-0.3, -0.25) is 9.79 Å². The maximum atomic E-state index is 13.5. The summed E-state index contributed by atoms with van der Waals surface area (Å²) in [5.74, 6) is -0.461. The highest BCUT2D eigenvalue weighted by Crippen LogP contribution is 2.34. The molecule has 0 bridgehead atoms. The molecule has 1 atom stereocenters. The maximum absolute atomic E-state index is 13.5. The molecule has 0 saturated heterocycles. The van der Waals surface area contributed by atoms with Gasteiger partial charge in [-0.2, -0.15) is 0 Å². The minimum absolute atomic E-state index is 0.189. The smallest absolute Gasteiger partial charge is 0.164 e. The van der Waals surface area contributed by atoms with Crippen molar-refractivity contribution in [2.75, 3.05) is 0 Å². The van der Waals surface area contributed by atoms with Crippen molar-refractivity contribution in [2.45, 2.75) is 12.3 Å². The van der Waals surface area contributed by atoms with Crippen molar-refractivity contribution in [3.63, 3.8) is 0 Å². The van der Waals surface area contributed by atoms with Gasteiger partial charge in [0.25, 0.3) is 0 Å². The van der Waals surface area contributed by atoms with Crippen molar-refractivity contribution in [3.8, 4) is 0 Å². The van der Waals surface area contributed by atoms with Crippen LogP contribution in [0.1, 0.15) is 17.9 Å². The summed E-state index contributed by atoms with van der Waals surface area (Å²) in [6.07, 6.45) is 1.15. The van der Waals surface area contributed by atoms with Gasteiger partial charge in [-0.25, -0.2) is 4.39 Å². The van der Waals surface area contributed by atoms with Crippen LogP contribution in [0.15, 0.2) is 41.5 Å². The molecule has 0 aromatic heterocycles. The second-order valence-electron chi connectivity index (χ2n) is 3.49. The fourth-order valence-corrected chi connectivity index (χ4v) is 1.76. The van der Waals surface area contributed by atoms with Crippen LogP contribution in [-0.2, 0) is 4.79 Å². The monoisotopic (exact) mass is 203 g/mol. The van der Waals surface area contributed by atoms with Crippen LogP contribution in [0.4, 0.5) is 4.39 Å². The first-order chi connectivity index (χ1) is 7.22. The van der Waals surface area contributed by atoms with Gasteiger partial charge in [-0.05, 0) is 11.6 Å². The number of halogens is 1. The molecule has 3 heteroatoms. The summed E-state index contributed by atoms with van der Waals surface area (Å²) in [6, 6.07) is 6.51. The van der Waals surface area contributed by atoms with E-state index in [9.17, 15) is 9.18 Å². The molecule has 1 aliphatic rings. The van der Waals surface area contributed by atoms with Crippen LogP contribution in [0.3, 0.4) is 0 Å². The van der Waals surface area contributed by atoms with Gasteiger partial charge in [0, 0.05) is 18.0 Å². The summed E-state index contributed by atoms with van der Waals surface area (Å²) < 4.78 is 13.5. The SMILES string of the molecule is C=C1N=C(C=O)CC1c1ccccc1F. The van der Waals surface area contributed by atoms with Crippen LogP contribution in [0, 0.1) is 5.82 Å². The molecule has 1 aromatic carbocycles. The van der Waals surface area contributed by atoms with Crippen molar-refractivity contribution >= 4 is 12.0 Å². The van der Waals surface area contributed by atoms with Crippen molar-refractivity contribution in [1.29, 1.82) is 0 Å². The third-order valence-electron chi connectivity index (χ3n) is 2.52. The number of aliphatic imine (C=N–C) groups is 1. The topological polar surface area (TPSA) is 29.4 Å². The van der Waals surface area contributed by atoms with E-state index < -0.39 is 0 Å². The molecule has 1 aliphatic heterocycles. The van der Waals surface area contributed by atoms with E-state index in [0.717, 1.165) is 0 Å². The molecule has 76 valence electrons. The van der Waals surface area contributed by atoms with E-state index in [0.29, 0.717) is 29.7 Å². The van der Waals surface area contributed by atoms with Gasteiger partial charge in [0.15, 0.2) is 6.29 Å². The molecule has 0 saturated carbocycles. The van der Waals surface area contributed by atoms with E-state index in [4.69, 9.17) is 0 Å². The molecule has 1 unspecified atom stereocenters. The zero-order chi connectivity index (χ0) is 10.8. The van der Waals surface area contributed by atoms with Crippen molar-refractivity contribution < 1.29 is 9.18 Å². The van der Waals surface area contributed by atoms with Gasteiger partial charge >= 0.3 is 0 Å². The molecular formula is C12H10FNO. The van der Waals surface area contributed by atoms with E-state index in [1.165, 1.54) is 6.07 Å². The van der Waals surface area contributed by atoms with Gasteiger partial charge in [0.05, 0.1) is 5.71 Å². The zero-order valence-electron chi connectivity index (χ0n) is 8.11. The first-order valence-electron chi connectivity index (χ1n) is 4.68. The number of nitrogens with zero attached hydrogens (tertiary/aromatic N) is 1. The van der Waals surface area contributed by atoms with Crippen LogP contribution in [0.5, 0.6) is 0 Å². The molecule has 0 N–H and O–H groups in total. The molecule has 0 amide bonds. The summed E-state index contributed by atoms with van der Waals surface area (Å²) in [5, 5.41) is 0. The quantitative estimate of drug-likeness (QED) is 0.679. The molecule has 15 heavy (non-hydrogen) atoms. The average molecular weight is 203 g/mol. The van der Waals surface area contributed by atoms with Crippen LogP contribution < -0.4 is 0 Å². The molecule has 1 heterocycles. The molecule has 0 aliphatic carbocycles. The second kappa shape index (κ2) is 3.77. The maximum Gasteiger partial charge on any atom is 0.164 e. The fourth-order valence-electron chi connectivity index (χ4n) is 1.76. The van der Waals surface area contributed by atoms with Crippen LogP contribution in [-0.4, -0.2) is 12.0 Å². The standard InChI is InChI=1S/C12H10FNO/c1-8-11(6-9(7-15)14-8)10-4-2-3-5-12(10)13/h2-5,7,11H,1,6H2. The van der Waals surface area contributed by atoms with Gasteiger partial charge < -0.3 is 0 Å². The van der Waals surface area contributed by atoms with Crippen molar-refractivity contribution in [1.82, 2.24) is 0 Å². The lowest BCUT2D eigenvalue weighted by Crippen LogP contribution is -2.02. The normalized spacial score (nSPS) is 20.2. The van der Waals surface area contributed by atoms with E-state index in [1.54, 1.807) is 18.2 Å². The predicted octanol–water partition coefficient (Wildman–Crippen LogP) is 2.47. The Morgan fingerprint density at radius 3 is 2.80 bits per heavy atom. The highest BCUT2D eigenvalue weighted by atomic mass is 19.1. The fraction of sp³-hybridized carbons (Fsp3) is 0.167. The van der Waals surface area contributed by atoms with Gasteiger partial charge in [0.1, 0.15) is 5.82 Å². The van der Waals surface area contributed by atoms with E-state index in [1.807, 2.05) is 0 Å². The van der Waals surface area contributed by atoms with Crippen LogP contribution in [0.25, 0.3) is 0 Å². The Hall–Kier alpha value is -1.77. The Kier molecular flexibility index (Phi) is 2.46. The Morgan fingerprint density at radius 1 is 1.47 bits per heavy atom. The minimum Gasteiger partial charge on any atom is -0.297 e. The zero-order valence-corrected chi connectivity index (χ0v) is 8.11. The van der Waals surface area contributed by atoms with Gasteiger partial charge in [-0.1, -0.05) is 24.8 Å². The first kappa shape index (κ1) is 9.77. The lowest BCUT2D eigenvalue weighted by Gasteiger charge is -2.10. The largest absolute Gasteiger partial charge is 0.297 e. The molecule has 0 spiro atoms. The van der Waals surface area contributed by atoms with Crippen molar-refractivity contribution in [3.05, 3.63) is 47.9 Å². The summed E-state index contributed by atoms with van der Waals surface area (Å²) in [4.78, 5) is 14.5. The number of carbonyl (C=O) groups is 1. The molecule has 0 radical (unpaired) electrons. The average Bonchev–Trinajstić information content (AvgIpc) is 2.60. The third kappa shape index (κ3) is 1.73. The number of allylic oxidation sites excluding steroid dienone is 1. The van der Waals surface area contributed by atoms with Crippen LogP contribution in [0.2, 0.25) is 0 Å². The summed E-state index contributed by atoms with van der Waals surface area (Å²) in [7, 11) is 0. The summed E-state index contributed by atoms with van der Waals surface area (Å²) in [6.45, 7) is 3.74. The van der Waals surface area contributed by atoms with E-state index in [2.05, 4.69) is 11.6 Å². The highest BCUT2D eigenvalue weighted by Gasteiger charge is 2.25. The molecule has 1 aromatic rings. The highest BCUT2D eigenvalue weighted by molar-refractivity contribution is 6.29. The first-order valence-corrected chi connectivity index (χ1v) is 4.68. The van der Waals surface area contributed by atoms with E-state index >= 15 is 0 Å². The minimum atomic E-state index is -0.272. The Bertz CT molecular complexity index is 451. The predicted molar refractivity (Wildman–Crippen MR) is 56.4 cm³/mol. The molecule has 0 fully saturated rings. The number of hydrogen-bond acceptors (Lipinski definition) is 2. The molecule has 2 rings (SSSR count). The Balaban J connectivity index is 2.32. The number of rotatable bonds is 2. The Morgan fingerprint density at radius 2 is 2.20 bits per heavy atom. The van der Waals surface area contributed by atoms with Gasteiger partial charge in [0.2, 0.25) is 0 Å². The molecule has 2 nitrogen and oxygen atoms in total. The summed E-state index contributed by atoms with van der Waals surface area (Å²) in [5.41, 5.74) is 1.55. The number of aldehydes is 1. The number of benzene rings is 1. The summed E-state index contributed by atoms with van der Waals surface area (Å²) >= 11 is 0. The molecular weight excluding hydrogens is 193 g/mol. The second-order valence-corrected chi connectivity index (χ2v) is 3.49. The number of carbonyl (C=O) groups excluding carboxylic acids is 1. The third-order valence-corrected chi connectivity index (χ3v) is 2.52. The number of hydrogen-bond donors (Lipinski definition) is 0. The van der Waals surface area contributed by atoms with Crippen LogP contribution >= 0.6 is 0 Å². The lowest BCUT2D eigenvalue weighted by atomic mass is 9.94. The van der Waals surface area contributed by atoms with E-state index in [-0.39, 0.29) is 11.7 Å².